The standard InChI is InChI=1S/C23H26FNO5S/c24-19-10-12-21(13-11-19)31(27,28)30-22-9-2-1-5-18(22)15-25(16-20-8-4-14-29-20)23(26)17-6-3-7-17/h1-2,5,9-13,17,20H,3-4,6-8,14-16H2/t20-/m1/s1. The molecule has 1 atom stereocenters. The summed E-state index contributed by atoms with van der Waals surface area (Å²) in [5.41, 5.74) is 0.596. The van der Waals surface area contributed by atoms with E-state index in [9.17, 15) is 17.6 Å². The van der Waals surface area contributed by atoms with Gasteiger partial charge in [0.1, 0.15) is 16.5 Å². The predicted octanol–water partition coefficient (Wildman–Crippen LogP) is 3.90. The third-order valence-corrected chi connectivity index (χ3v) is 7.10. The van der Waals surface area contributed by atoms with Gasteiger partial charge in [-0.05, 0) is 56.0 Å². The van der Waals surface area contributed by atoms with Crippen molar-refractivity contribution in [3.8, 4) is 5.75 Å². The number of rotatable bonds is 8. The van der Waals surface area contributed by atoms with Crippen LogP contribution in [0.1, 0.15) is 37.7 Å². The molecule has 2 aromatic carbocycles. The molecule has 1 saturated heterocycles. The number of para-hydroxylation sites is 1. The second-order valence-corrected chi connectivity index (χ2v) is 9.63. The molecule has 1 amide bonds. The number of hydrogen-bond acceptors (Lipinski definition) is 5. The lowest BCUT2D eigenvalue weighted by atomic mass is 9.84. The summed E-state index contributed by atoms with van der Waals surface area (Å²) in [6.07, 6.45) is 4.72. The number of carbonyl (C=O) groups excluding carboxylic acids is 1. The van der Waals surface area contributed by atoms with Crippen LogP contribution in [-0.4, -0.2) is 38.5 Å². The average molecular weight is 448 g/mol. The van der Waals surface area contributed by atoms with Gasteiger partial charge in [-0.1, -0.05) is 24.6 Å². The molecule has 0 N–H and O–H groups in total. The van der Waals surface area contributed by atoms with Gasteiger partial charge in [0.2, 0.25) is 5.91 Å². The van der Waals surface area contributed by atoms with Crippen molar-refractivity contribution in [3.63, 3.8) is 0 Å². The van der Waals surface area contributed by atoms with Crippen LogP contribution in [0.2, 0.25) is 0 Å². The first-order valence-electron chi connectivity index (χ1n) is 10.6. The zero-order valence-corrected chi connectivity index (χ0v) is 18.0. The van der Waals surface area contributed by atoms with E-state index >= 15 is 0 Å². The molecule has 2 aromatic rings. The Morgan fingerprint density at radius 1 is 1.06 bits per heavy atom. The van der Waals surface area contributed by atoms with Crippen molar-refractivity contribution in [2.45, 2.75) is 49.6 Å². The second kappa shape index (κ2) is 9.36. The van der Waals surface area contributed by atoms with Gasteiger partial charge in [-0.25, -0.2) is 4.39 Å². The summed E-state index contributed by atoms with van der Waals surface area (Å²) < 4.78 is 49.7. The first-order valence-corrected chi connectivity index (χ1v) is 12.0. The minimum atomic E-state index is -4.14. The van der Waals surface area contributed by atoms with Gasteiger partial charge in [0.25, 0.3) is 0 Å². The van der Waals surface area contributed by atoms with Crippen LogP contribution in [0, 0.1) is 11.7 Å². The summed E-state index contributed by atoms with van der Waals surface area (Å²) >= 11 is 0. The second-order valence-electron chi connectivity index (χ2n) is 8.08. The first kappa shape index (κ1) is 21.8. The van der Waals surface area contributed by atoms with Gasteiger partial charge in [-0.2, -0.15) is 8.42 Å². The predicted molar refractivity (Wildman–Crippen MR) is 112 cm³/mol. The highest BCUT2D eigenvalue weighted by molar-refractivity contribution is 7.87. The fraction of sp³-hybridized carbons (Fsp3) is 0.435. The summed E-state index contributed by atoms with van der Waals surface area (Å²) in [6.45, 7) is 1.42. The van der Waals surface area contributed by atoms with E-state index in [1.807, 2.05) is 0 Å². The minimum Gasteiger partial charge on any atom is -0.379 e. The smallest absolute Gasteiger partial charge is 0.339 e. The molecule has 1 aliphatic carbocycles. The number of amides is 1. The summed E-state index contributed by atoms with van der Waals surface area (Å²) in [5, 5.41) is 0. The monoisotopic (exact) mass is 447 g/mol. The van der Waals surface area contributed by atoms with Crippen LogP contribution in [0.3, 0.4) is 0 Å². The quantitative estimate of drug-likeness (QED) is 0.574. The highest BCUT2D eigenvalue weighted by Crippen LogP contribution is 2.31. The van der Waals surface area contributed by atoms with E-state index in [-0.39, 0.29) is 35.1 Å². The molecule has 6 nitrogen and oxygen atoms in total. The Hall–Kier alpha value is -2.45. The van der Waals surface area contributed by atoms with E-state index in [0.29, 0.717) is 18.7 Å². The molecular weight excluding hydrogens is 421 g/mol. The molecule has 2 aliphatic rings. The third kappa shape index (κ3) is 5.25. The van der Waals surface area contributed by atoms with Crippen LogP contribution in [0.4, 0.5) is 4.39 Å². The largest absolute Gasteiger partial charge is 0.379 e. The number of hydrogen-bond donors (Lipinski definition) is 0. The van der Waals surface area contributed by atoms with Gasteiger partial charge in [-0.15, -0.1) is 0 Å². The Morgan fingerprint density at radius 2 is 1.81 bits per heavy atom. The third-order valence-electron chi connectivity index (χ3n) is 5.85. The molecule has 2 fully saturated rings. The van der Waals surface area contributed by atoms with E-state index in [4.69, 9.17) is 8.92 Å². The number of nitrogens with zero attached hydrogens (tertiary/aromatic N) is 1. The van der Waals surface area contributed by atoms with Gasteiger partial charge >= 0.3 is 10.1 Å². The van der Waals surface area contributed by atoms with Gasteiger partial charge in [0.15, 0.2) is 0 Å². The summed E-state index contributed by atoms with van der Waals surface area (Å²) in [5.74, 6) is -0.264. The zero-order valence-electron chi connectivity index (χ0n) is 17.2. The number of benzene rings is 2. The Labute approximate surface area is 182 Å². The van der Waals surface area contributed by atoms with Crippen molar-refractivity contribution in [1.29, 1.82) is 0 Å². The van der Waals surface area contributed by atoms with Crippen LogP contribution in [-0.2, 0) is 26.2 Å². The molecule has 0 bridgehead atoms. The molecule has 4 rings (SSSR count). The minimum absolute atomic E-state index is 0.0000509. The van der Waals surface area contributed by atoms with E-state index < -0.39 is 15.9 Å². The molecule has 0 unspecified atom stereocenters. The number of carbonyl (C=O) groups is 1. The Kier molecular flexibility index (Phi) is 6.57. The van der Waals surface area contributed by atoms with Gasteiger partial charge in [-0.3, -0.25) is 4.79 Å². The van der Waals surface area contributed by atoms with Crippen molar-refractivity contribution in [2.75, 3.05) is 13.2 Å². The van der Waals surface area contributed by atoms with Crippen LogP contribution < -0.4 is 4.18 Å². The fourth-order valence-corrected chi connectivity index (χ4v) is 4.83. The van der Waals surface area contributed by atoms with Gasteiger partial charge in [0.05, 0.1) is 6.10 Å². The topological polar surface area (TPSA) is 72.9 Å². The average Bonchev–Trinajstić information content (AvgIpc) is 3.21. The van der Waals surface area contributed by atoms with E-state index in [1.165, 1.54) is 0 Å². The SMILES string of the molecule is O=C(C1CCC1)N(Cc1ccccc1OS(=O)(=O)c1ccc(F)cc1)C[C@H]1CCCO1. The molecule has 0 spiro atoms. The van der Waals surface area contributed by atoms with Crippen LogP contribution in [0.5, 0.6) is 5.75 Å². The maximum absolute atomic E-state index is 13.2. The summed E-state index contributed by atoms with van der Waals surface area (Å²) in [7, 11) is -4.14. The van der Waals surface area contributed by atoms with Crippen LogP contribution in [0.15, 0.2) is 53.4 Å². The van der Waals surface area contributed by atoms with Crippen LogP contribution in [0.25, 0.3) is 0 Å². The Morgan fingerprint density at radius 3 is 2.45 bits per heavy atom. The zero-order chi connectivity index (χ0) is 21.8. The van der Waals surface area contributed by atoms with Gasteiger partial charge in [0, 0.05) is 31.2 Å². The van der Waals surface area contributed by atoms with E-state index in [1.54, 1.807) is 29.2 Å². The molecule has 1 saturated carbocycles. The van der Waals surface area contributed by atoms with Crippen molar-refractivity contribution in [2.24, 2.45) is 5.92 Å². The Bertz CT molecular complexity index is 1010. The molecule has 166 valence electrons. The van der Waals surface area contributed by atoms with Gasteiger partial charge < -0.3 is 13.8 Å². The fourth-order valence-electron chi connectivity index (χ4n) is 3.87. The van der Waals surface area contributed by atoms with Crippen molar-refractivity contribution in [3.05, 3.63) is 59.9 Å². The maximum atomic E-state index is 13.2. The summed E-state index contributed by atoms with van der Waals surface area (Å²) in [4.78, 5) is 14.7. The normalized spacial score (nSPS) is 19.1. The molecule has 1 aliphatic heterocycles. The number of ether oxygens (including phenoxy) is 1. The molecule has 0 radical (unpaired) electrons. The highest BCUT2D eigenvalue weighted by atomic mass is 32.2. The molecule has 0 aromatic heterocycles. The molecular formula is C23H26FNO5S. The van der Waals surface area contributed by atoms with E-state index in [2.05, 4.69) is 0 Å². The highest BCUT2D eigenvalue weighted by Gasteiger charge is 2.32. The van der Waals surface area contributed by atoms with E-state index in [0.717, 1.165) is 56.4 Å². The summed E-state index contributed by atoms with van der Waals surface area (Å²) in [6, 6.07) is 11.3. The van der Waals surface area contributed by atoms with Crippen LogP contribution >= 0.6 is 0 Å². The molecule has 8 heteroatoms. The number of halogens is 1. The lowest BCUT2D eigenvalue weighted by Gasteiger charge is -2.33. The lowest BCUT2D eigenvalue weighted by molar-refractivity contribution is -0.140. The maximum Gasteiger partial charge on any atom is 0.339 e. The lowest BCUT2D eigenvalue weighted by Crippen LogP contribution is -2.42. The van der Waals surface area contributed by atoms with Crippen molar-refractivity contribution in [1.82, 2.24) is 4.90 Å². The van der Waals surface area contributed by atoms with Crippen molar-refractivity contribution >= 4 is 16.0 Å². The molecule has 1 heterocycles. The van der Waals surface area contributed by atoms with Crippen molar-refractivity contribution < 1.29 is 26.5 Å². The Balaban J connectivity index is 1.55. The molecule has 31 heavy (non-hydrogen) atoms. The first-order chi connectivity index (χ1) is 14.9.